The third-order valence-corrected chi connectivity index (χ3v) is 2.53. The molecule has 0 aromatic carbocycles. The number of hydrogen-bond acceptors (Lipinski definition) is 3. The number of Topliss-reactive ketones (excluding diaryl/α,β-unsaturated/α-hetero) is 1. The molecule has 0 aliphatic heterocycles. The first kappa shape index (κ1) is 11.8. The van der Waals surface area contributed by atoms with Crippen molar-refractivity contribution in [1.29, 1.82) is 0 Å². The maximum Gasteiger partial charge on any atom is 0.138 e. The Morgan fingerprint density at radius 2 is 2.07 bits per heavy atom. The second-order valence-corrected chi connectivity index (χ2v) is 3.76. The van der Waals surface area contributed by atoms with Gasteiger partial charge in [0.05, 0.1) is 11.6 Å². The Hall–Kier alpha value is -1.25. The molecule has 3 nitrogen and oxygen atoms in total. The molecular formula is C12H18N2O. The number of nitrogens with zero attached hydrogens (tertiary/aromatic N) is 2. The first-order valence-electron chi connectivity index (χ1n) is 5.43. The quantitative estimate of drug-likeness (QED) is 0.759. The van der Waals surface area contributed by atoms with Gasteiger partial charge in [-0.25, -0.2) is 9.97 Å². The predicted octanol–water partition coefficient (Wildman–Crippen LogP) is 2.43. The van der Waals surface area contributed by atoms with Gasteiger partial charge < -0.3 is 0 Å². The molecular weight excluding hydrogens is 188 g/mol. The van der Waals surface area contributed by atoms with Gasteiger partial charge in [0.15, 0.2) is 0 Å². The highest BCUT2D eigenvalue weighted by Crippen LogP contribution is 2.19. The Morgan fingerprint density at radius 1 is 1.40 bits per heavy atom. The monoisotopic (exact) mass is 206 g/mol. The summed E-state index contributed by atoms with van der Waals surface area (Å²) in [6, 6.07) is 1.95. The maximum absolute atomic E-state index is 11.4. The lowest BCUT2D eigenvalue weighted by Crippen LogP contribution is -2.11. The van der Waals surface area contributed by atoms with Crippen LogP contribution in [0, 0.1) is 6.92 Å². The molecule has 1 aromatic rings. The Kier molecular flexibility index (Phi) is 3.95. The summed E-state index contributed by atoms with van der Waals surface area (Å²) in [6.07, 6.45) is 1.68. The minimum atomic E-state index is -0.0722. The van der Waals surface area contributed by atoms with Crippen LogP contribution in [0.5, 0.6) is 0 Å². The number of hydrogen-bond donors (Lipinski definition) is 0. The van der Waals surface area contributed by atoms with Crippen molar-refractivity contribution in [3.8, 4) is 0 Å². The molecule has 0 radical (unpaired) electrons. The molecule has 0 aliphatic rings. The Balaban J connectivity index is 3.11. The van der Waals surface area contributed by atoms with Crippen molar-refractivity contribution in [1.82, 2.24) is 9.97 Å². The van der Waals surface area contributed by atoms with E-state index in [-0.39, 0.29) is 11.7 Å². The van der Waals surface area contributed by atoms with E-state index < -0.39 is 0 Å². The van der Waals surface area contributed by atoms with Crippen LogP contribution in [0.1, 0.15) is 50.3 Å². The van der Waals surface area contributed by atoms with Gasteiger partial charge in [0.25, 0.3) is 0 Å². The summed E-state index contributed by atoms with van der Waals surface area (Å²) in [5, 5.41) is 0. The van der Waals surface area contributed by atoms with Gasteiger partial charge in [-0.15, -0.1) is 0 Å². The van der Waals surface area contributed by atoms with E-state index in [1.165, 1.54) is 0 Å². The summed E-state index contributed by atoms with van der Waals surface area (Å²) in [7, 11) is 0. The standard InChI is InChI=1S/C12H18N2O/c1-5-10-7-12(14-9(4)13-10)11(6-2)8(3)15/h7,11H,5-6H2,1-4H3. The van der Waals surface area contributed by atoms with Crippen molar-refractivity contribution >= 4 is 5.78 Å². The van der Waals surface area contributed by atoms with Gasteiger partial charge in [-0.05, 0) is 32.8 Å². The van der Waals surface area contributed by atoms with Gasteiger partial charge in [0.1, 0.15) is 11.6 Å². The molecule has 0 amide bonds. The highest BCUT2D eigenvalue weighted by atomic mass is 16.1. The average Bonchev–Trinajstić information content (AvgIpc) is 2.17. The van der Waals surface area contributed by atoms with Crippen molar-refractivity contribution in [2.24, 2.45) is 0 Å². The number of carbonyl (C=O) groups excluding carboxylic acids is 1. The van der Waals surface area contributed by atoms with Crippen molar-refractivity contribution < 1.29 is 4.79 Å². The van der Waals surface area contributed by atoms with E-state index in [9.17, 15) is 4.79 Å². The van der Waals surface area contributed by atoms with Gasteiger partial charge >= 0.3 is 0 Å². The zero-order chi connectivity index (χ0) is 11.4. The van der Waals surface area contributed by atoms with E-state index in [0.29, 0.717) is 0 Å². The Morgan fingerprint density at radius 3 is 2.53 bits per heavy atom. The van der Waals surface area contributed by atoms with Crippen molar-refractivity contribution in [2.75, 3.05) is 0 Å². The normalized spacial score (nSPS) is 12.5. The van der Waals surface area contributed by atoms with Crippen LogP contribution in [0.4, 0.5) is 0 Å². The fourth-order valence-corrected chi connectivity index (χ4v) is 1.72. The smallest absolute Gasteiger partial charge is 0.138 e. The van der Waals surface area contributed by atoms with Crippen LogP contribution in [0.15, 0.2) is 6.07 Å². The van der Waals surface area contributed by atoms with E-state index in [0.717, 1.165) is 30.1 Å². The summed E-state index contributed by atoms with van der Waals surface area (Å²) >= 11 is 0. The molecule has 1 aromatic heterocycles. The summed E-state index contributed by atoms with van der Waals surface area (Å²) in [6.45, 7) is 7.56. The molecule has 0 spiro atoms. The minimum Gasteiger partial charge on any atom is -0.299 e. The molecule has 1 heterocycles. The average molecular weight is 206 g/mol. The van der Waals surface area contributed by atoms with E-state index in [1.807, 2.05) is 19.9 Å². The molecule has 0 aliphatic carbocycles. The van der Waals surface area contributed by atoms with E-state index in [1.54, 1.807) is 6.92 Å². The molecule has 15 heavy (non-hydrogen) atoms. The van der Waals surface area contributed by atoms with Crippen LogP contribution in [-0.4, -0.2) is 15.8 Å². The summed E-state index contributed by atoms with van der Waals surface area (Å²) in [4.78, 5) is 20.1. The topological polar surface area (TPSA) is 42.9 Å². The first-order valence-corrected chi connectivity index (χ1v) is 5.43. The van der Waals surface area contributed by atoms with Crippen LogP contribution in [0.2, 0.25) is 0 Å². The SMILES string of the molecule is CCc1cc(C(CC)C(C)=O)nc(C)n1. The van der Waals surface area contributed by atoms with Gasteiger partial charge in [-0.3, -0.25) is 4.79 Å². The lowest BCUT2D eigenvalue weighted by molar-refractivity contribution is -0.118. The van der Waals surface area contributed by atoms with Crippen LogP contribution in [-0.2, 0) is 11.2 Å². The number of carbonyl (C=O) groups is 1. The van der Waals surface area contributed by atoms with Crippen molar-refractivity contribution in [3.63, 3.8) is 0 Å². The van der Waals surface area contributed by atoms with Crippen molar-refractivity contribution in [2.45, 2.75) is 46.5 Å². The minimum absolute atomic E-state index is 0.0722. The predicted molar refractivity (Wildman–Crippen MR) is 59.9 cm³/mol. The number of ketones is 1. The summed E-state index contributed by atoms with van der Waals surface area (Å²) in [5.74, 6) is 0.860. The molecule has 82 valence electrons. The molecule has 1 atom stereocenters. The van der Waals surface area contributed by atoms with Gasteiger partial charge in [0, 0.05) is 5.69 Å². The van der Waals surface area contributed by atoms with Gasteiger partial charge in [0.2, 0.25) is 0 Å². The fraction of sp³-hybridized carbons (Fsp3) is 0.583. The lowest BCUT2D eigenvalue weighted by Gasteiger charge is -2.12. The molecule has 3 heteroatoms. The van der Waals surface area contributed by atoms with Gasteiger partial charge in [-0.2, -0.15) is 0 Å². The number of aryl methyl sites for hydroxylation is 2. The number of aromatic nitrogens is 2. The summed E-state index contributed by atoms with van der Waals surface area (Å²) in [5.41, 5.74) is 1.88. The maximum atomic E-state index is 11.4. The molecule has 0 N–H and O–H groups in total. The molecule has 0 saturated heterocycles. The second-order valence-electron chi connectivity index (χ2n) is 3.76. The lowest BCUT2D eigenvalue weighted by atomic mass is 9.97. The summed E-state index contributed by atoms with van der Waals surface area (Å²) < 4.78 is 0. The first-order chi connectivity index (χ1) is 7.08. The van der Waals surface area contributed by atoms with Gasteiger partial charge in [-0.1, -0.05) is 13.8 Å². The second kappa shape index (κ2) is 5.01. The van der Waals surface area contributed by atoms with E-state index >= 15 is 0 Å². The highest BCUT2D eigenvalue weighted by molar-refractivity contribution is 5.82. The van der Waals surface area contributed by atoms with Crippen molar-refractivity contribution in [3.05, 3.63) is 23.3 Å². The molecule has 0 saturated carbocycles. The van der Waals surface area contributed by atoms with Crippen LogP contribution in [0.3, 0.4) is 0 Å². The third-order valence-electron chi connectivity index (χ3n) is 2.53. The zero-order valence-corrected chi connectivity index (χ0v) is 9.87. The molecule has 0 fully saturated rings. The Bertz CT molecular complexity index is 361. The number of rotatable bonds is 4. The van der Waals surface area contributed by atoms with E-state index in [2.05, 4.69) is 16.9 Å². The molecule has 1 unspecified atom stereocenters. The molecule has 0 bridgehead atoms. The zero-order valence-electron chi connectivity index (χ0n) is 9.87. The Labute approximate surface area is 91.0 Å². The fourth-order valence-electron chi connectivity index (χ4n) is 1.72. The van der Waals surface area contributed by atoms with Crippen LogP contribution < -0.4 is 0 Å². The van der Waals surface area contributed by atoms with Crippen LogP contribution in [0.25, 0.3) is 0 Å². The highest BCUT2D eigenvalue weighted by Gasteiger charge is 2.16. The van der Waals surface area contributed by atoms with E-state index in [4.69, 9.17) is 0 Å². The third kappa shape index (κ3) is 2.85. The molecule has 1 rings (SSSR count). The van der Waals surface area contributed by atoms with Crippen LogP contribution >= 0.6 is 0 Å². The largest absolute Gasteiger partial charge is 0.299 e.